The van der Waals surface area contributed by atoms with Crippen molar-refractivity contribution in [3.05, 3.63) is 95.8 Å². The maximum absolute atomic E-state index is 12.9. The molecule has 0 unspecified atom stereocenters. The molecule has 0 aromatic heterocycles. The summed E-state index contributed by atoms with van der Waals surface area (Å²) in [6.45, 7) is 0. The third-order valence-electron chi connectivity index (χ3n) is 3.34. The van der Waals surface area contributed by atoms with Crippen LogP contribution in [0.5, 0.6) is 11.5 Å². The van der Waals surface area contributed by atoms with Gasteiger partial charge in [-0.05, 0) is 48.5 Å². The molecule has 0 saturated carbocycles. The molecule has 3 aromatic carbocycles. The molecular weight excluding hydrogens is 323 g/mol. The van der Waals surface area contributed by atoms with Gasteiger partial charge in [-0.15, -0.1) is 0 Å². The van der Waals surface area contributed by atoms with E-state index in [2.05, 4.69) is 0 Å². The van der Waals surface area contributed by atoms with Gasteiger partial charge in [0.05, 0.1) is 5.56 Å². The lowest BCUT2D eigenvalue weighted by Crippen LogP contribution is -2.14. The van der Waals surface area contributed by atoms with Gasteiger partial charge in [-0.1, -0.05) is 30.3 Å². The van der Waals surface area contributed by atoms with E-state index >= 15 is 0 Å². The molecule has 0 saturated heterocycles. The molecule has 0 aliphatic heterocycles. The number of esters is 2. The number of hydrogen-bond acceptors (Lipinski definition) is 4. The Morgan fingerprint density at radius 3 is 2.04 bits per heavy atom. The predicted octanol–water partition coefficient (Wildman–Crippen LogP) is 4.26. The number of carbonyl (C=O) groups excluding carboxylic acids is 2. The summed E-state index contributed by atoms with van der Waals surface area (Å²) >= 11 is 0. The van der Waals surface area contributed by atoms with Gasteiger partial charge < -0.3 is 9.47 Å². The van der Waals surface area contributed by atoms with Crippen molar-refractivity contribution >= 4 is 11.9 Å². The number of para-hydroxylation sites is 2. The SMILES string of the molecule is O=C(Oc1ccccc1C(=O)Oc1ccccc1)c1ccc(F)cc1. The van der Waals surface area contributed by atoms with Gasteiger partial charge in [0.15, 0.2) is 0 Å². The number of hydrogen-bond donors (Lipinski definition) is 0. The topological polar surface area (TPSA) is 52.6 Å². The second-order valence-corrected chi connectivity index (χ2v) is 5.10. The molecule has 0 N–H and O–H groups in total. The van der Waals surface area contributed by atoms with Crippen molar-refractivity contribution in [2.75, 3.05) is 0 Å². The zero-order chi connectivity index (χ0) is 17.6. The van der Waals surface area contributed by atoms with E-state index in [0.717, 1.165) is 12.1 Å². The van der Waals surface area contributed by atoms with Gasteiger partial charge in [0.2, 0.25) is 0 Å². The first-order chi connectivity index (χ1) is 12.1. The van der Waals surface area contributed by atoms with Gasteiger partial charge in [0.25, 0.3) is 0 Å². The zero-order valence-electron chi connectivity index (χ0n) is 13.0. The summed E-state index contributed by atoms with van der Waals surface area (Å²) in [6.07, 6.45) is 0. The van der Waals surface area contributed by atoms with Crippen LogP contribution in [0.15, 0.2) is 78.9 Å². The average Bonchev–Trinajstić information content (AvgIpc) is 2.63. The summed E-state index contributed by atoms with van der Waals surface area (Å²) in [5.74, 6) is -1.35. The van der Waals surface area contributed by atoms with Crippen molar-refractivity contribution in [2.45, 2.75) is 0 Å². The van der Waals surface area contributed by atoms with Crippen molar-refractivity contribution in [1.82, 2.24) is 0 Å². The van der Waals surface area contributed by atoms with Gasteiger partial charge in [0, 0.05) is 0 Å². The van der Waals surface area contributed by atoms with E-state index in [1.807, 2.05) is 0 Å². The third-order valence-corrected chi connectivity index (χ3v) is 3.34. The maximum Gasteiger partial charge on any atom is 0.347 e. The summed E-state index contributed by atoms with van der Waals surface area (Å²) in [5, 5.41) is 0. The molecule has 5 heteroatoms. The maximum atomic E-state index is 12.9. The van der Waals surface area contributed by atoms with E-state index in [1.165, 1.54) is 24.3 Å². The molecule has 0 aliphatic rings. The minimum absolute atomic E-state index is 0.0674. The van der Waals surface area contributed by atoms with E-state index < -0.39 is 17.8 Å². The molecule has 0 spiro atoms. The Kier molecular flexibility index (Phi) is 4.85. The molecule has 3 aromatic rings. The van der Waals surface area contributed by atoms with Crippen LogP contribution in [0.4, 0.5) is 4.39 Å². The summed E-state index contributed by atoms with van der Waals surface area (Å²) in [6, 6.07) is 19.8. The number of rotatable bonds is 4. The van der Waals surface area contributed by atoms with Crippen LogP contribution in [-0.4, -0.2) is 11.9 Å². The molecule has 0 aliphatic carbocycles. The van der Waals surface area contributed by atoms with Gasteiger partial charge in [-0.25, -0.2) is 14.0 Å². The fourth-order valence-electron chi connectivity index (χ4n) is 2.12. The Labute approximate surface area is 143 Å². The fraction of sp³-hybridized carbons (Fsp3) is 0. The Bertz CT molecular complexity index is 889. The molecule has 25 heavy (non-hydrogen) atoms. The van der Waals surface area contributed by atoms with Gasteiger partial charge in [-0.2, -0.15) is 0 Å². The van der Waals surface area contributed by atoms with Crippen LogP contribution < -0.4 is 9.47 Å². The standard InChI is InChI=1S/C20H13FO4/c21-15-12-10-14(11-13-15)19(22)25-18-9-5-4-8-17(18)20(23)24-16-6-2-1-3-7-16/h1-13H. The van der Waals surface area contributed by atoms with Crippen LogP contribution in [-0.2, 0) is 0 Å². The van der Waals surface area contributed by atoms with E-state index in [4.69, 9.17) is 9.47 Å². The van der Waals surface area contributed by atoms with E-state index in [9.17, 15) is 14.0 Å². The highest BCUT2D eigenvalue weighted by molar-refractivity contribution is 5.97. The molecule has 4 nitrogen and oxygen atoms in total. The number of carbonyl (C=O) groups is 2. The fourth-order valence-corrected chi connectivity index (χ4v) is 2.12. The molecule has 124 valence electrons. The van der Waals surface area contributed by atoms with Gasteiger partial charge in [-0.3, -0.25) is 0 Å². The van der Waals surface area contributed by atoms with Crippen LogP contribution in [0.1, 0.15) is 20.7 Å². The third kappa shape index (κ3) is 4.09. The first kappa shape index (κ1) is 16.4. The van der Waals surface area contributed by atoms with Crippen molar-refractivity contribution in [1.29, 1.82) is 0 Å². The van der Waals surface area contributed by atoms with Crippen molar-refractivity contribution < 1.29 is 23.5 Å². The van der Waals surface area contributed by atoms with Crippen molar-refractivity contribution in [3.8, 4) is 11.5 Å². The summed E-state index contributed by atoms with van der Waals surface area (Å²) in [5.41, 5.74) is 0.287. The van der Waals surface area contributed by atoms with Crippen LogP contribution in [0.3, 0.4) is 0 Å². The molecule has 0 atom stereocenters. The van der Waals surface area contributed by atoms with Gasteiger partial charge >= 0.3 is 11.9 Å². The minimum Gasteiger partial charge on any atom is -0.423 e. The normalized spacial score (nSPS) is 10.1. The zero-order valence-corrected chi connectivity index (χ0v) is 13.0. The second-order valence-electron chi connectivity index (χ2n) is 5.10. The molecular formula is C20H13FO4. The molecule has 0 bridgehead atoms. The Morgan fingerprint density at radius 1 is 0.680 bits per heavy atom. The quantitative estimate of drug-likeness (QED) is 0.527. The summed E-state index contributed by atoms with van der Waals surface area (Å²) in [7, 11) is 0. The van der Waals surface area contributed by atoms with Crippen LogP contribution in [0.2, 0.25) is 0 Å². The Balaban J connectivity index is 1.79. The lowest BCUT2D eigenvalue weighted by atomic mass is 10.2. The van der Waals surface area contributed by atoms with E-state index in [-0.39, 0.29) is 16.9 Å². The molecule has 0 amide bonds. The molecule has 0 heterocycles. The van der Waals surface area contributed by atoms with E-state index in [0.29, 0.717) is 5.75 Å². The molecule has 0 radical (unpaired) electrons. The van der Waals surface area contributed by atoms with Crippen molar-refractivity contribution in [2.24, 2.45) is 0 Å². The van der Waals surface area contributed by atoms with Crippen LogP contribution in [0, 0.1) is 5.82 Å². The van der Waals surface area contributed by atoms with Crippen LogP contribution >= 0.6 is 0 Å². The Morgan fingerprint density at radius 2 is 1.32 bits per heavy atom. The highest BCUT2D eigenvalue weighted by Crippen LogP contribution is 2.22. The molecule has 3 rings (SSSR count). The molecule has 0 fully saturated rings. The summed E-state index contributed by atoms with van der Waals surface area (Å²) in [4.78, 5) is 24.5. The number of benzene rings is 3. The monoisotopic (exact) mass is 336 g/mol. The van der Waals surface area contributed by atoms with Gasteiger partial charge in [0.1, 0.15) is 22.9 Å². The van der Waals surface area contributed by atoms with Crippen LogP contribution in [0.25, 0.3) is 0 Å². The number of halogens is 1. The first-order valence-electron chi connectivity index (χ1n) is 7.47. The lowest BCUT2D eigenvalue weighted by molar-refractivity contribution is 0.0707. The Hall–Kier alpha value is -3.47. The highest BCUT2D eigenvalue weighted by atomic mass is 19.1. The second kappa shape index (κ2) is 7.40. The largest absolute Gasteiger partial charge is 0.423 e. The van der Waals surface area contributed by atoms with Crippen molar-refractivity contribution in [3.63, 3.8) is 0 Å². The summed E-state index contributed by atoms with van der Waals surface area (Å²) < 4.78 is 23.5. The average molecular weight is 336 g/mol. The first-order valence-corrected chi connectivity index (χ1v) is 7.47. The lowest BCUT2D eigenvalue weighted by Gasteiger charge is -2.10. The predicted molar refractivity (Wildman–Crippen MR) is 89.2 cm³/mol. The van der Waals surface area contributed by atoms with E-state index in [1.54, 1.807) is 42.5 Å². The minimum atomic E-state index is -0.694. The number of ether oxygens (including phenoxy) is 2. The smallest absolute Gasteiger partial charge is 0.347 e. The highest BCUT2D eigenvalue weighted by Gasteiger charge is 2.18.